The van der Waals surface area contributed by atoms with E-state index >= 15 is 0 Å². The Morgan fingerprint density at radius 1 is 1.47 bits per heavy atom. The molecule has 0 spiro atoms. The van der Waals surface area contributed by atoms with E-state index in [2.05, 4.69) is 4.98 Å². The van der Waals surface area contributed by atoms with Crippen LogP contribution < -0.4 is 4.90 Å². The summed E-state index contributed by atoms with van der Waals surface area (Å²) in [5.41, 5.74) is -0.559. The molecule has 0 radical (unpaired) electrons. The van der Waals surface area contributed by atoms with Gasteiger partial charge in [-0.05, 0) is 18.9 Å². The Morgan fingerprint density at radius 3 is 2.58 bits per heavy atom. The van der Waals surface area contributed by atoms with E-state index in [1.165, 1.54) is 0 Å². The average molecular weight is 278 g/mol. The quantitative estimate of drug-likeness (QED) is 0.859. The van der Waals surface area contributed by atoms with Crippen LogP contribution in [-0.4, -0.2) is 34.8 Å². The molecule has 1 aliphatic rings. The summed E-state index contributed by atoms with van der Waals surface area (Å²) >= 11 is 0. The highest BCUT2D eigenvalue weighted by Crippen LogP contribution is 2.35. The zero-order valence-electron chi connectivity index (χ0n) is 9.62. The third-order valence-electron chi connectivity index (χ3n) is 2.67. The lowest BCUT2D eigenvalue weighted by Gasteiger charge is -2.25. The van der Waals surface area contributed by atoms with Gasteiger partial charge in [0.15, 0.2) is 0 Å². The number of alkyl halides is 3. The molecule has 8 heteroatoms. The Labute approximate surface area is 105 Å². The molecule has 0 unspecified atom stereocenters. The van der Waals surface area contributed by atoms with Crippen molar-refractivity contribution < 1.29 is 27.5 Å². The third kappa shape index (κ3) is 3.33. The molecule has 1 aliphatic carbocycles. The molecule has 1 N–H and O–H groups in total. The number of halogens is 4. The molecule has 0 aliphatic heterocycles. The van der Waals surface area contributed by atoms with Crippen LogP contribution in [0, 0.1) is 5.82 Å². The zero-order valence-corrected chi connectivity index (χ0v) is 9.62. The van der Waals surface area contributed by atoms with Crippen LogP contribution in [0.3, 0.4) is 0 Å². The van der Waals surface area contributed by atoms with Crippen molar-refractivity contribution in [1.29, 1.82) is 0 Å². The van der Waals surface area contributed by atoms with Crippen LogP contribution in [0.1, 0.15) is 23.2 Å². The molecule has 0 amide bonds. The van der Waals surface area contributed by atoms with Gasteiger partial charge in [0.2, 0.25) is 0 Å². The van der Waals surface area contributed by atoms with E-state index < -0.39 is 36.1 Å². The minimum absolute atomic E-state index is 0.339. The fourth-order valence-electron chi connectivity index (χ4n) is 1.77. The largest absolute Gasteiger partial charge is 0.478 e. The van der Waals surface area contributed by atoms with E-state index in [9.17, 15) is 22.4 Å². The van der Waals surface area contributed by atoms with Crippen molar-refractivity contribution in [1.82, 2.24) is 4.98 Å². The maximum absolute atomic E-state index is 13.0. The van der Waals surface area contributed by atoms with E-state index in [0.717, 1.165) is 4.90 Å². The lowest BCUT2D eigenvalue weighted by molar-refractivity contribution is -0.120. The smallest absolute Gasteiger partial charge is 0.405 e. The molecule has 0 bridgehead atoms. The molecule has 1 heterocycles. The van der Waals surface area contributed by atoms with Crippen LogP contribution in [0.25, 0.3) is 0 Å². The fraction of sp³-hybridized carbons (Fsp3) is 0.455. The molecule has 1 aromatic rings. The van der Waals surface area contributed by atoms with Crippen LogP contribution in [0.5, 0.6) is 0 Å². The summed E-state index contributed by atoms with van der Waals surface area (Å²) in [5.74, 6) is -2.74. The zero-order chi connectivity index (χ0) is 14.2. The number of aromatic carboxylic acids is 1. The van der Waals surface area contributed by atoms with Crippen LogP contribution >= 0.6 is 0 Å². The summed E-state index contributed by atoms with van der Waals surface area (Å²) < 4.78 is 50.5. The monoisotopic (exact) mass is 278 g/mol. The van der Waals surface area contributed by atoms with Gasteiger partial charge in [-0.1, -0.05) is 0 Å². The van der Waals surface area contributed by atoms with Crippen LogP contribution in [-0.2, 0) is 0 Å². The Bertz CT molecular complexity index is 500. The molecule has 1 saturated carbocycles. The molecule has 4 nitrogen and oxygen atoms in total. The van der Waals surface area contributed by atoms with Gasteiger partial charge in [-0.25, -0.2) is 14.2 Å². The highest BCUT2D eigenvalue weighted by Gasteiger charge is 2.40. The normalized spacial score (nSPS) is 15.4. The lowest BCUT2D eigenvalue weighted by atomic mass is 10.2. The van der Waals surface area contributed by atoms with Crippen molar-refractivity contribution in [3.8, 4) is 0 Å². The van der Waals surface area contributed by atoms with E-state index in [0.29, 0.717) is 25.1 Å². The number of hydrogen-bond donors (Lipinski definition) is 1. The van der Waals surface area contributed by atoms with E-state index in [-0.39, 0.29) is 5.82 Å². The van der Waals surface area contributed by atoms with E-state index in [1.54, 1.807) is 0 Å². The minimum Gasteiger partial charge on any atom is -0.478 e. The maximum Gasteiger partial charge on any atom is 0.405 e. The van der Waals surface area contributed by atoms with Crippen LogP contribution in [0.15, 0.2) is 12.3 Å². The summed E-state index contributed by atoms with van der Waals surface area (Å²) in [4.78, 5) is 15.4. The predicted octanol–water partition coefficient (Wildman–Crippen LogP) is 2.45. The summed E-state index contributed by atoms with van der Waals surface area (Å²) in [6.07, 6.45) is -2.69. The lowest BCUT2D eigenvalue weighted by Crippen LogP contribution is -2.37. The van der Waals surface area contributed by atoms with Gasteiger partial charge in [0.1, 0.15) is 23.7 Å². The summed E-state index contributed by atoms with van der Waals surface area (Å²) in [6, 6.07) is 0.286. The second kappa shape index (κ2) is 4.67. The number of anilines is 1. The van der Waals surface area contributed by atoms with Crippen molar-refractivity contribution in [2.45, 2.75) is 25.1 Å². The first-order chi connectivity index (χ1) is 8.78. The molecule has 104 valence electrons. The van der Waals surface area contributed by atoms with Gasteiger partial charge in [-0.2, -0.15) is 13.2 Å². The molecular weight excluding hydrogens is 268 g/mol. The Hall–Kier alpha value is -1.86. The Balaban J connectivity index is 2.39. The van der Waals surface area contributed by atoms with Crippen molar-refractivity contribution in [2.24, 2.45) is 0 Å². The average Bonchev–Trinajstić information content (AvgIpc) is 3.08. The highest BCUT2D eigenvalue weighted by molar-refractivity contribution is 5.93. The van der Waals surface area contributed by atoms with Crippen molar-refractivity contribution in [3.05, 3.63) is 23.6 Å². The molecule has 1 fully saturated rings. The van der Waals surface area contributed by atoms with Crippen LogP contribution in [0.4, 0.5) is 23.4 Å². The predicted molar refractivity (Wildman–Crippen MR) is 57.6 cm³/mol. The maximum atomic E-state index is 13.0. The second-order valence-corrected chi connectivity index (χ2v) is 4.30. The van der Waals surface area contributed by atoms with Crippen LogP contribution in [0.2, 0.25) is 0 Å². The number of pyridine rings is 1. The number of hydrogen-bond acceptors (Lipinski definition) is 3. The molecule has 0 aromatic carbocycles. The van der Waals surface area contributed by atoms with Gasteiger partial charge < -0.3 is 10.0 Å². The van der Waals surface area contributed by atoms with Crippen molar-refractivity contribution in [3.63, 3.8) is 0 Å². The second-order valence-electron chi connectivity index (χ2n) is 4.30. The van der Waals surface area contributed by atoms with E-state index in [4.69, 9.17) is 5.11 Å². The van der Waals surface area contributed by atoms with Gasteiger partial charge in [-0.15, -0.1) is 0 Å². The summed E-state index contributed by atoms with van der Waals surface area (Å²) in [6.45, 7) is -1.30. The highest BCUT2D eigenvalue weighted by atomic mass is 19.4. The first-order valence-electron chi connectivity index (χ1n) is 5.50. The molecule has 0 saturated heterocycles. The SMILES string of the molecule is O=C(O)c1cc(F)cnc1N(CC(F)(F)F)C1CC1. The number of carboxylic acids is 1. The Kier molecular flexibility index (Phi) is 3.34. The third-order valence-corrected chi connectivity index (χ3v) is 2.67. The first kappa shape index (κ1) is 13.6. The van der Waals surface area contributed by atoms with E-state index in [1.807, 2.05) is 0 Å². The first-order valence-corrected chi connectivity index (χ1v) is 5.50. The number of rotatable bonds is 4. The van der Waals surface area contributed by atoms with Crippen molar-refractivity contribution >= 4 is 11.8 Å². The Morgan fingerprint density at radius 2 is 2.11 bits per heavy atom. The topological polar surface area (TPSA) is 53.4 Å². The van der Waals surface area contributed by atoms with Gasteiger partial charge in [0, 0.05) is 6.04 Å². The molecule has 19 heavy (non-hydrogen) atoms. The van der Waals surface area contributed by atoms with Gasteiger partial charge in [-0.3, -0.25) is 0 Å². The molecule has 0 atom stereocenters. The standard InChI is InChI=1S/C11H10F4N2O2/c12-6-3-8(10(18)19)9(16-4-6)17(7-1-2-7)5-11(13,14)15/h3-4,7H,1-2,5H2,(H,18,19). The molecule has 1 aromatic heterocycles. The number of aromatic nitrogens is 1. The summed E-state index contributed by atoms with van der Waals surface area (Å²) in [7, 11) is 0. The van der Waals surface area contributed by atoms with Gasteiger partial charge >= 0.3 is 12.1 Å². The molecular formula is C11H10F4N2O2. The minimum atomic E-state index is -4.48. The number of nitrogens with zero attached hydrogens (tertiary/aromatic N) is 2. The van der Waals surface area contributed by atoms with Crippen molar-refractivity contribution in [2.75, 3.05) is 11.4 Å². The number of carboxylic acid groups (broad SMARTS) is 1. The van der Waals surface area contributed by atoms with Gasteiger partial charge in [0.05, 0.1) is 6.20 Å². The number of carbonyl (C=O) groups is 1. The molecule has 2 rings (SSSR count). The fourth-order valence-corrected chi connectivity index (χ4v) is 1.77. The van der Waals surface area contributed by atoms with Gasteiger partial charge in [0.25, 0.3) is 0 Å². The summed E-state index contributed by atoms with van der Waals surface area (Å²) in [5, 5.41) is 8.92.